The molecule has 0 saturated heterocycles. The first-order valence-corrected chi connectivity index (χ1v) is 7.26. The second-order valence-corrected chi connectivity index (χ2v) is 4.90. The first-order chi connectivity index (χ1) is 7.62. The monoisotopic (exact) mass is 338 g/mol. The van der Waals surface area contributed by atoms with E-state index in [0.717, 1.165) is 22.3 Å². The van der Waals surface area contributed by atoms with Gasteiger partial charge in [0.2, 0.25) is 0 Å². The molecular weight excluding hydrogens is 333 g/mol. The summed E-state index contributed by atoms with van der Waals surface area (Å²) < 4.78 is 0. The van der Waals surface area contributed by atoms with Crippen LogP contribution < -0.4 is 0 Å². The maximum Gasteiger partial charge on any atom is 0.0501 e. The Bertz CT molecular complexity index is 317. The predicted molar refractivity (Wildman–Crippen MR) is 74.7 cm³/mol. The molecule has 0 bridgehead atoms. The summed E-state index contributed by atoms with van der Waals surface area (Å²) >= 11 is 35.7. The Labute approximate surface area is 125 Å². The highest BCUT2D eigenvalue weighted by Gasteiger charge is 2.19. The molecule has 0 atom stereocenters. The van der Waals surface area contributed by atoms with Gasteiger partial charge in [0.1, 0.15) is 0 Å². The Kier molecular flexibility index (Phi) is 6.36. The minimum absolute atomic E-state index is 0.243. The van der Waals surface area contributed by atoms with Crippen LogP contribution in [0.15, 0.2) is 0 Å². The van der Waals surface area contributed by atoms with Gasteiger partial charge in [-0.05, 0) is 22.3 Å². The predicted octanol–water partition coefficient (Wildman–Crippen LogP) is 5.95. The highest BCUT2D eigenvalue weighted by molar-refractivity contribution is 6.38. The molecule has 0 fully saturated rings. The average Bonchev–Trinajstić information content (AvgIpc) is 2.30. The molecular formula is C10H8Cl6. The number of hydrogen-bond acceptors (Lipinski definition) is 0. The van der Waals surface area contributed by atoms with Gasteiger partial charge in [0, 0.05) is 23.5 Å². The van der Waals surface area contributed by atoms with Crippen molar-refractivity contribution in [2.24, 2.45) is 0 Å². The van der Waals surface area contributed by atoms with E-state index in [-0.39, 0.29) is 23.5 Å². The summed E-state index contributed by atoms with van der Waals surface area (Å²) in [5, 5.41) is 1.03. The highest BCUT2D eigenvalue weighted by atomic mass is 35.5. The third kappa shape index (κ3) is 2.68. The summed E-state index contributed by atoms with van der Waals surface area (Å²) in [7, 11) is 0. The average molecular weight is 341 g/mol. The molecule has 1 aromatic carbocycles. The molecule has 1 rings (SSSR count). The number of halogens is 6. The van der Waals surface area contributed by atoms with Crippen LogP contribution in [-0.4, -0.2) is 0 Å². The van der Waals surface area contributed by atoms with Gasteiger partial charge >= 0.3 is 0 Å². The Morgan fingerprint density at radius 1 is 0.500 bits per heavy atom. The fourth-order valence-electron chi connectivity index (χ4n) is 1.45. The van der Waals surface area contributed by atoms with Crippen LogP contribution in [0, 0.1) is 0 Å². The molecule has 16 heavy (non-hydrogen) atoms. The fraction of sp³-hybridized carbons (Fsp3) is 0.400. The maximum atomic E-state index is 6.20. The maximum absolute atomic E-state index is 6.20. The first kappa shape index (κ1) is 15.0. The number of alkyl halides is 4. The summed E-state index contributed by atoms with van der Waals surface area (Å²) in [6.07, 6.45) is 0. The quantitative estimate of drug-likeness (QED) is 0.594. The van der Waals surface area contributed by atoms with Crippen LogP contribution in [0.1, 0.15) is 22.3 Å². The standard InChI is InChI=1S/C10H8Cl6/c11-1-5-6(2-12)10(16)8(4-14)7(3-13)9(5)15/h1-4H2. The third-order valence-electron chi connectivity index (χ3n) is 2.32. The van der Waals surface area contributed by atoms with Gasteiger partial charge in [0.15, 0.2) is 0 Å². The molecule has 0 radical (unpaired) electrons. The van der Waals surface area contributed by atoms with Gasteiger partial charge in [-0.1, -0.05) is 23.2 Å². The molecule has 0 saturated carbocycles. The van der Waals surface area contributed by atoms with Gasteiger partial charge in [0.05, 0.1) is 10.0 Å². The fourth-order valence-corrected chi connectivity index (χ4v) is 3.63. The normalized spacial score (nSPS) is 10.9. The number of benzene rings is 1. The lowest BCUT2D eigenvalue weighted by Gasteiger charge is -2.17. The summed E-state index contributed by atoms with van der Waals surface area (Å²) in [5.74, 6) is 0.972. The second kappa shape index (κ2) is 6.78. The van der Waals surface area contributed by atoms with Crippen molar-refractivity contribution in [3.8, 4) is 0 Å². The van der Waals surface area contributed by atoms with Crippen LogP contribution in [-0.2, 0) is 23.5 Å². The van der Waals surface area contributed by atoms with Crippen molar-refractivity contribution in [3.63, 3.8) is 0 Å². The van der Waals surface area contributed by atoms with E-state index in [4.69, 9.17) is 69.6 Å². The van der Waals surface area contributed by atoms with Gasteiger partial charge in [0.25, 0.3) is 0 Å². The molecule has 0 nitrogen and oxygen atoms in total. The molecule has 0 heterocycles. The first-order valence-electron chi connectivity index (χ1n) is 4.36. The highest BCUT2D eigenvalue weighted by Crippen LogP contribution is 2.38. The van der Waals surface area contributed by atoms with Gasteiger partial charge in [-0.25, -0.2) is 0 Å². The minimum atomic E-state index is 0.243. The van der Waals surface area contributed by atoms with E-state index >= 15 is 0 Å². The van der Waals surface area contributed by atoms with Crippen molar-refractivity contribution >= 4 is 69.6 Å². The zero-order valence-corrected chi connectivity index (χ0v) is 12.6. The molecule has 0 aromatic heterocycles. The van der Waals surface area contributed by atoms with E-state index in [1.54, 1.807) is 0 Å². The Balaban J connectivity index is 3.60. The van der Waals surface area contributed by atoms with E-state index in [9.17, 15) is 0 Å². The molecule has 6 heteroatoms. The van der Waals surface area contributed by atoms with Crippen molar-refractivity contribution in [1.29, 1.82) is 0 Å². The minimum Gasteiger partial charge on any atom is -0.121 e. The van der Waals surface area contributed by atoms with Crippen LogP contribution in [0.5, 0.6) is 0 Å². The molecule has 0 aliphatic heterocycles. The molecule has 0 N–H and O–H groups in total. The number of hydrogen-bond donors (Lipinski definition) is 0. The van der Waals surface area contributed by atoms with Crippen molar-refractivity contribution in [2.45, 2.75) is 23.5 Å². The van der Waals surface area contributed by atoms with Crippen molar-refractivity contribution in [3.05, 3.63) is 32.3 Å². The molecule has 0 spiro atoms. The van der Waals surface area contributed by atoms with Crippen LogP contribution in [0.25, 0.3) is 0 Å². The molecule has 0 aliphatic rings. The Morgan fingerprint density at radius 2 is 0.688 bits per heavy atom. The molecule has 0 amide bonds. The van der Waals surface area contributed by atoms with Gasteiger partial charge < -0.3 is 0 Å². The van der Waals surface area contributed by atoms with Crippen molar-refractivity contribution in [2.75, 3.05) is 0 Å². The van der Waals surface area contributed by atoms with Crippen molar-refractivity contribution in [1.82, 2.24) is 0 Å². The molecule has 0 unspecified atom stereocenters. The zero-order valence-electron chi connectivity index (χ0n) is 8.10. The summed E-state index contributed by atoms with van der Waals surface area (Å²) in [5.41, 5.74) is 2.92. The lowest BCUT2D eigenvalue weighted by molar-refractivity contribution is 1.17. The lowest BCUT2D eigenvalue weighted by Crippen LogP contribution is -2.01. The van der Waals surface area contributed by atoms with Gasteiger partial charge in [-0.2, -0.15) is 0 Å². The van der Waals surface area contributed by atoms with Crippen LogP contribution in [0.4, 0.5) is 0 Å². The largest absolute Gasteiger partial charge is 0.121 e. The van der Waals surface area contributed by atoms with Crippen LogP contribution in [0.3, 0.4) is 0 Å². The summed E-state index contributed by atoms with van der Waals surface area (Å²) in [6.45, 7) is 0. The number of rotatable bonds is 4. The van der Waals surface area contributed by atoms with E-state index < -0.39 is 0 Å². The van der Waals surface area contributed by atoms with E-state index in [2.05, 4.69) is 0 Å². The van der Waals surface area contributed by atoms with Crippen LogP contribution >= 0.6 is 69.6 Å². The smallest absolute Gasteiger partial charge is 0.0501 e. The van der Waals surface area contributed by atoms with Crippen molar-refractivity contribution < 1.29 is 0 Å². The topological polar surface area (TPSA) is 0 Å². The lowest BCUT2D eigenvalue weighted by atomic mass is 10.0. The third-order valence-corrected chi connectivity index (χ3v) is 4.30. The Morgan fingerprint density at radius 3 is 0.812 bits per heavy atom. The second-order valence-electron chi connectivity index (χ2n) is 3.08. The molecule has 0 aliphatic carbocycles. The Hall–Kier alpha value is 0.960. The summed E-state index contributed by atoms with van der Waals surface area (Å²) in [4.78, 5) is 0. The molecule has 1 aromatic rings. The van der Waals surface area contributed by atoms with Gasteiger partial charge in [-0.3, -0.25) is 0 Å². The van der Waals surface area contributed by atoms with E-state index in [1.807, 2.05) is 0 Å². The summed E-state index contributed by atoms with van der Waals surface area (Å²) in [6, 6.07) is 0. The van der Waals surface area contributed by atoms with E-state index in [0.29, 0.717) is 10.0 Å². The SMILES string of the molecule is ClCc1c(Cl)c(CCl)c(CCl)c(Cl)c1CCl. The van der Waals surface area contributed by atoms with Gasteiger partial charge in [-0.15, -0.1) is 46.4 Å². The zero-order chi connectivity index (χ0) is 12.3. The van der Waals surface area contributed by atoms with Crippen LogP contribution in [0.2, 0.25) is 10.0 Å². The molecule has 90 valence electrons. The van der Waals surface area contributed by atoms with E-state index in [1.165, 1.54) is 0 Å².